The summed E-state index contributed by atoms with van der Waals surface area (Å²) in [5, 5.41) is 20.5. The maximum Gasteiger partial charge on any atom is 0.272 e. The summed E-state index contributed by atoms with van der Waals surface area (Å²) in [6, 6.07) is 33.2. The van der Waals surface area contributed by atoms with E-state index in [4.69, 9.17) is 4.74 Å². The maximum atomic E-state index is 13.6. The highest BCUT2D eigenvalue weighted by atomic mass is 32.2. The molecule has 1 unspecified atom stereocenters. The number of nitrogens with zero attached hydrogens (tertiary/aromatic N) is 1. The predicted molar refractivity (Wildman–Crippen MR) is 202 cm³/mol. The maximum absolute atomic E-state index is 13.6. The summed E-state index contributed by atoms with van der Waals surface area (Å²) in [6.45, 7) is 6.36. The quantitative estimate of drug-likeness (QED) is 0.0834. The number of ether oxygens (including phenoxy) is 1. The van der Waals surface area contributed by atoms with Crippen LogP contribution in [0.1, 0.15) is 47.3 Å². The van der Waals surface area contributed by atoms with Crippen LogP contribution in [0.25, 0.3) is 17.2 Å². The number of anilines is 2. The molecule has 10 heteroatoms. The average molecular weight is 701 g/mol. The summed E-state index contributed by atoms with van der Waals surface area (Å²) in [7, 11) is 0. The molecule has 5 aromatic rings. The normalized spacial score (nSPS) is 11.6. The van der Waals surface area contributed by atoms with Gasteiger partial charge in [0.1, 0.15) is 22.5 Å². The van der Waals surface area contributed by atoms with Crippen molar-refractivity contribution in [2.45, 2.75) is 37.3 Å². The number of hydrogen-bond donors (Lipinski definition) is 3. The van der Waals surface area contributed by atoms with E-state index in [0.717, 1.165) is 21.6 Å². The van der Waals surface area contributed by atoms with Gasteiger partial charge in [0.2, 0.25) is 5.91 Å². The topological polar surface area (TPSA) is 120 Å². The first-order chi connectivity index (χ1) is 24.3. The number of rotatable bonds is 13. The fourth-order valence-electron chi connectivity index (χ4n) is 4.97. The molecule has 3 N–H and O–H groups in total. The molecule has 0 aliphatic heterocycles. The monoisotopic (exact) mass is 700 g/mol. The Hall–Kier alpha value is -5.63. The molecule has 0 saturated carbocycles. The van der Waals surface area contributed by atoms with Crippen molar-refractivity contribution in [2.75, 3.05) is 17.2 Å². The molecule has 3 amide bonds. The second-order valence-electron chi connectivity index (χ2n) is 11.2. The predicted octanol–water partition coefficient (Wildman–Crippen LogP) is 8.91. The van der Waals surface area contributed by atoms with Crippen LogP contribution in [0.2, 0.25) is 0 Å². The van der Waals surface area contributed by atoms with Gasteiger partial charge in [-0.15, -0.1) is 23.1 Å². The lowest BCUT2D eigenvalue weighted by Gasteiger charge is -2.16. The van der Waals surface area contributed by atoms with Crippen molar-refractivity contribution in [3.63, 3.8) is 0 Å². The summed E-state index contributed by atoms with van der Waals surface area (Å²) in [5.74, 6) is -0.452. The molecule has 0 aliphatic carbocycles. The summed E-state index contributed by atoms with van der Waals surface area (Å²) in [4.78, 5) is 40.9. The summed E-state index contributed by atoms with van der Waals surface area (Å²) in [5.41, 5.74) is 4.92. The fraction of sp³-hybridized carbons (Fsp3) is 0.150. The SMILES string of the molecule is CCOc1ccc(/C=C(/NC(=O)c2ccccc2)C(=O)Nc2cccc(SC(CC)C(=O)Nc3scc(-c4ccc(C)cc4)c3C#N)c2)cc1. The molecule has 5 rings (SSSR count). The van der Waals surface area contributed by atoms with Crippen molar-refractivity contribution < 1.29 is 19.1 Å². The largest absolute Gasteiger partial charge is 0.494 e. The van der Waals surface area contributed by atoms with Gasteiger partial charge in [-0.2, -0.15) is 5.26 Å². The molecular formula is C40H36N4O4S2. The van der Waals surface area contributed by atoms with E-state index < -0.39 is 17.1 Å². The Balaban J connectivity index is 1.30. The molecule has 1 aromatic heterocycles. The van der Waals surface area contributed by atoms with Gasteiger partial charge in [0.05, 0.1) is 17.4 Å². The number of nitriles is 1. The molecule has 0 spiro atoms. The molecule has 1 heterocycles. The zero-order chi connectivity index (χ0) is 35.5. The number of nitrogens with one attached hydrogen (secondary N) is 3. The third-order valence-corrected chi connectivity index (χ3v) is 9.82. The van der Waals surface area contributed by atoms with Gasteiger partial charge < -0.3 is 20.7 Å². The number of aryl methyl sites for hydroxylation is 1. The van der Waals surface area contributed by atoms with Crippen LogP contribution in [0.4, 0.5) is 10.7 Å². The van der Waals surface area contributed by atoms with Crippen LogP contribution in [-0.4, -0.2) is 29.6 Å². The van der Waals surface area contributed by atoms with Crippen molar-refractivity contribution in [1.82, 2.24) is 5.32 Å². The Labute approximate surface area is 300 Å². The first kappa shape index (κ1) is 35.7. The van der Waals surface area contributed by atoms with Crippen molar-refractivity contribution in [3.8, 4) is 22.9 Å². The molecule has 0 saturated heterocycles. The van der Waals surface area contributed by atoms with Gasteiger partial charge in [0.15, 0.2) is 0 Å². The van der Waals surface area contributed by atoms with E-state index in [2.05, 4.69) is 22.0 Å². The van der Waals surface area contributed by atoms with Crippen LogP contribution in [0, 0.1) is 18.3 Å². The Morgan fingerprint density at radius 1 is 0.920 bits per heavy atom. The van der Waals surface area contributed by atoms with Gasteiger partial charge in [-0.1, -0.05) is 73.2 Å². The molecule has 252 valence electrons. The lowest BCUT2D eigenvalue weighted by Crippen LogP contribution is -2.30. The highest BCUT2D eigenvalue weighted by molar-refractivity contribution is 8.00. The van der Waals surface area contributed by atoms with Gasteiger partial charge in [-0.3, -0.25) is 14.4 Å². The smallest absolute Gasteiger partial charge is 0.272 e. The third kappa shape index (κ3) is 9.29. The van der Waals surface area contributed by atoms with E-state index in [1.165, 1.54) is 23.1 Å². The number of amides is 3. The molecule has 0 bridgehead atoms. The number of carbonyl (C=O) groups excluding carboxylic acids is 3. The van der Waals surface area contributed by atoms with Crippen molar-refractivity contribution in [3.05, 3.63) is 136 Å². The number of thioether (sulfide) groups is 1. The van der Waals surface area contributed by atoms with Crippen LogP contribution in [0.5, 0.6) is 5.75 Å². The molecule has 50 heavy (non-hydrogen) atoms. The van der Waals surface area contributed by atoms with Gasteiger partial charge in [-0.05, 0) is 79.9 Å². The third-order valence-electron chi connectivity index (χ3n) is 7.57. The van der Waals surface area contributed by atoms with Crippen molar-refractivity contribution >= 4 is 57.6 Å². The Morgan fingerprint density at radius 3 is 2.34 bits per heavy atom. The minimum atomic E-state index is -0.513. The van der Waals surface area contributed by atoms with E-state index in [-0.39, 0.29) is 11.6 Å². The second-order valence-corrected chi connectivity index (χ2v) is 13.4. The molecule has 0 fully saturated rings. The molecule has 8 nitrogen and oxygen atoms in total. The van der Waals surface area contributed by atoms with E-state index >= 15 is 0 Å². The minimum Gasteiger partial charge on any atom is -0.494 e. The number of hydrogen-bond acceptors (Lipinski definition) is 7. The molecule has 0 radical (unpaired) electrons. The van der Waals surface area contributed by atoms with Crippen LogP contribution in [-0.2, 0) is 9.59 Å². The first-order valence-corrected chi connectivity index (χ1v) is 17.8. The molecule has 4 aromatic carbocycles. The van der Waals surface area contributed by atoms with Crippen LogP contribution >= 0.6 is 23.1 Å². The molecule has 0 aliphatic rings. The van der Waals surface area contributed by atoms with E-state index in [1.54, 1.807) is 72.8 Å². The van der Waals surface area contributed by atoms with E-state index in [9.17, 15) is 19.6 Å². The Kier molecular flexibility index (Phi) is 12.2. The van der Waals surface area contributed by atoms with Crippen molar-refractivity contribution in [1.29, 1.82) is 5.26 Å². The highest BCUT2D eigenvalue weighted by Crippen LogP contribution is 2.36. The second kappa shape index (κ2) is 17.2. The van der Waals surface area contributed by atoms with E-state index in [1.807, 2.05) is 62.5 Å². The fourth-order valence-corrected chi connectivity index (χ4v) is 6.90. The highest BCUT2D eigenvalue weighted by Gasteiger charge is 2.22. The number of carbonyl (C=O) groups is 3. The summed E-state index contributed by atoms with van der Waals surface area (Å²) < 4.78 is 5.53. The van der Waals surface area contributed by atoms with Gasteiger partial charge in [0, 0.05) is 27.1 Å². The van der Waals surface area contributed by atoms with Crippen LogP contribution in [0.3, 0.4) is 0 Å². The minimum absolute atomic E-state index is 0.0566. The lowest BCUT2D eigenvalue weighted by molar-refractivity contribution is -0.116. The first-order valence-electron chi connectivity index (χ1n) is 16.1. The van der Waals surface area contributed by atoms with Crippen LogP contribution in [0.15, 0.2) is 119 Å². The van der Waals surface area contributed by atoms with Crippen LogP contribution < -0.4 is 20.7 Å². The van der Waals surface area contributed by atoms with E-state index in [0.29, 0.717) is 46.2 Å². The zero-order valence-corrected chi connectivity index (χ0v) is 29.5. The summed E-state index contributed by atoms with van der Waals surface area (Å²) in [6.07, 6.45) is 2.14. The number of benzene rings is 4. The lowest BCUT2D eigenvalue weighted by atomic mass is 10.0. The Bertz CT molecular complexity index is 2030. The van der Waals surface area contributed by atoms with Gasteiger partial charge in [-0.25, -0.2) is 0 Å². The van der Waals surface area contributed by atoms with Gasteiger partial charge in [0.25, 0.3) is 11.8 Å². The van der Waals surface area contributed by atoms with Gasteiger partial charge >= 0.3 is 0 Å². The molecule has 1 atom stereocenters. The standard InChI is InChI=1S/C40H36N4O4S2/c1-4-36(39(47)44-40-33(24-41)34(25-49-40)28-18-14-26(3)15-19-28)50-32-13-9-12-30(23-32)42-38(46)35(43-37(45)29-10-7-6-8-11-29)22-27-16-20-31(21-17-27)48-5-2/h6-23,25,36H,4-5H2,1-3H3,(H,42,46)(H,43,45)(H,44,47)/b35-22+. The Morgan fingerprint density at radius 2 is 1.66 bits per heavy atom. The van der Waals surface area contributed by atoms with Crippen molar-refractivity contribution in [2.24, 2.45) is 0 Å². The molecular weight excluding hydrogens is 665 g/mol. The zero-order valence-electron chi connectivity index (χ0n) is 27.9. The number of thiophene rings is 1. The summed E-state index contributed by atoms with van der Waals surface area (Å²) >= 11 is 2.69. The average Bonchev–Trinajstić information content (AvgIpc) is 3.54.